The Hall–Kier alpha value is -2.78. The summed E-state index contributed by atoms with van der Waals surface area (Å²) in [7, 11) is 0. The summed E-state index contributed by atoms with van der Waals surface area (Å²) in [5.74, 6) is -2.63. The van der Waals surface area contributed by atoms with E-state index in [1.807, 2.05) is 6.07 Å². The maximum atomic E-state index is 11.7. The van der Waals surface area contributed by atoms with Crippen LogP contribution in [0.5, 0.6) is 0 Å². The molecule has 1 amide bonds. The Morgan fingerprint density at radius 2 is 1.80 bits per heavy atom. The molecule has 136 valence electrons. The van der Waals surface area contributed by atoms with E-state index in [0.717, 1.165) is 32.8 Å². The molecule has 0 unspecified atom stereocenters. The van der Waals surface area contributed by atoms with Gasteiger partial charge in [-0.1, -0.05) is 6.07 Å². The Labute approximate surface area is 144 Å². The van der Waals surface area contributed by atoms with E-state index >= 15 is 0 Å². The van der Waals surface area contributed by atoms with E-state index in [0.29, 0.717) is 24.4 Å². The second kappa shape index (κ2) is 11.7. The maximum absolute atomic E-state index is 11.7. The van der Waals surface area contributed by atoms with Crippen molar-refractivity contribution >= 4 is 17.8 Å². The highest BCUT2D eigenvalue weighted by atomic mass is 16.5. The number of pyridine rings is 1. The van der Waals surface area contributed by atoms with Gasteiger partial charge in [-0.3, -0.25) is 14.7 Å². The van der Waals surface area contributed by atoms with Gasteiger partial charge in [0.25, 0.3) is 5.91 Å². The molecule has 0 aromatic carbocycles. The molecule has 0 radical (unpaired) electrons. The van der Waals surface area contributed by atoms with E-state index in [-0.39, 0.29) is 5.91 Å². The predicted molar refractivity (Wildman–Crippen MR) is 88.2 cm³/mol. The van der Waals surface area contributed by atoms with Crippen molar-refractivity contribution in [1.82, 2.24) is 15.2 Å². The van der Waals surface area contributed by atoms with E-state index < -0.39 is 11.9 Å². The quantitative estimate of drug-likeness (QED) is 0.604. The van der Waals surface area contributed by atoms with Gasteiger partial charge >= 0.3 is 11.9 Å². The zero-order chi connectivity index (χ0) is 18.5. The first-order chi connectivity index (χ1) is 12.0. The molecule has 0 aliphatic carbocycles. The smallest absolute Gasteiger partial charge is 0.328 e. The first-order valence-corrected chi connectivity index (χ1v) is 7.62. The van der Waals surface area contributed by atoms with Crippen LogP contribution in [0.25, 0.3) is 0 Å². The van der Waals surface area contributed by atoms with Crippen molar-refractivity contribution in [3.05, 3.63) is 42.2 Å². The number of nitrogens with zero attached hydrogens (tertiary/aromatic N) is 2. The summed E-state index contributed by atoms with van der Waals surface area (Å²) < 4.78 is 5.26. The van der Waals surface area contributed by atoms with Crippen molar-refractivity contribution in [2.75, 3.05) is 39.4 Å². The SMILES string of the molecule is O=C(NCCN1CCOCC1)c1ccccn1.O=C(O)/C=C/C(=O)O. The van der Waals surface area contributed by atoms with Crippen molar-refractivity contribution in [3.8, 4) is 0 Å². The van der Waals surface area contributed by atoms with Gasteiger partial charge in [-0.05, 0) is 12.1 Å². The van der Waals surface area contributed by atoms with Crippen molar-refractivity contribution in [2.24, 2.45) is 0 Å². The summed E-state index contributed by atoms with van der Waals surface area (Å²) in [5.41, 5.74) is 0.467. The lowest BCUT2D eigenvalue weighted by molar-refractivity contribution is -0.134. The zero-order valence-corrected chi connectivity index (χ0v) is 13.6. The van der Waals surface area contributed by atoms with Gasteiger partial charge in [-0.15, -0.1) is 0 Å². The molecule has 0 bridgehead atoms. The minimum atomic E-state index is -1.26. The van der Waals surface area contributed by atoms with Crippen LogP contribution in [0.15, 0.2) is 36.5 Å². The number of carbonyl (C=O) groups is 3. The number of aromatic nitrogens is 1. The molecule has 9 nitrogen and oxygen atoms in total. The van der Waals surface area contributed by atoms with Gasteiger partial charge in [-0.2, -0.15) is 0 Å². The van der Waals surface area contributed by atoms with Crippen LogP contribution in [0.3, 0.4) is 0 Å². The molecule has 25 heavy (non-hydrogen) atoms. The summed E-state index contributed by atoms with van der Waals surface area (Å²) in [4.78, 5) is 37.1. The summed E-state index contributed by atoms with van der Waals surface area (Å²) in [6.07, 6.45) is 2.74. The number of carbonyl (C=O) groups excluding carboxylic acids is 1. The van der Waals surface area contributed by atoms with Gasteiger partial charge in [0, 0.05) is 44.5 Å². The highest BCUT2D eigenvalue weighted by molar-refractivity contribution is 5.92. The van der Waals surface area contributed by atoms with E-state index in [1.165, 1.54) is 0 Å². The number of hydrogen-bond donors (Lipinski definition) is 3. The van der Waals surface area contributed by atoms with Gasteiger partial charge in [0.1, 0.15) is 5.69 Å². The van der Waals surface area contributed by atoms with Crippen molar-refractivity contribution in [3.63, 3.8) is 0 Å². The minimum Gasteiger partial charge on any atom is -0.478 e. The summed E-state index contributed by atoms with van der Waals surface area (Å²) in [6, 6.07) is 5.32. The first-order valence-electron chi connectivity index (χ1n) is 7.62. The fourth-order valence-corrected chi connectivity index (χ4v) is 1.88. The number of rotatable bonds is 6. The third-order valence-electron chi connectivity index (χ3n) is 3.08. The number of hydrogen-bond acceptors (Lipinski definition) is 6. The fraction of sp³-hybridized carbons (Fsp3) is 0.375. The van der Waals surface area contributed by atoms with E-state index in [4.69, 9.17) is 14.9 Å². The standard InChI is InChI=1S/C12H17N3O2.C4H4O4/c16-12(11-3-1-2-4-13-11)14-5-6-15-7-9-17-10-8-15;5-3(6)1-2-4(7)8/h1-4H,5-10H2,(H,14,16);1-2H,(H,5,6)(H,7,8)/b;2-1+. The third kappa shape index (κ3) is 9.84. The molecule has 1 aromatic rings. The molecule has 0 spiro atoms. The average Bonchev–Trinajstić information content (AvgIpc) is 2.62. The first kappa shape index (κ1) is 20.3. The summed E-state index contributed by atoms with van der Waals surface area (Å²) >= 11 is 0. The van der Waals surface area contributed by atoms with Crippen LogP contribution in [0.1, 0.15) is 10.5 Å². The van der Waals surface area contributed by atoms with E-state index in [2.05, 4.69) is 15.2 Å². The van der Waals surface area contributed by atoms with Crippen LogP contribution in [-0.2, 0) is 14.3 Å². The largest absolute Gasteiger partial charge is 0.478 e. The van der Waals surface area contributed by atoms with Crippen LogP contribution in [0.2, 0.25) is 0 Å². The Bertz CT molecular complexity index is 569. The Morgan fingerprint density at radius 3 is 2.32 bits per heavy atom. The number of amides is 1. The lowest BCUT2D eigenvalue weighted by atomic mass is 10.3. The molecule has 2 heterocycles. The summed E-state index contributed by atoms with van der Waals surface area (Å²) in [5, 5.41) is 18.5. The predicted octanol–water partition coefficient (Wildman–Crippen LogP) is -0.145. The number of aliphatic carboxylic acids is 2. The number of morpholine rings is 1. The Balaban J connectivity index is 0.000000333. The lowest BCUT2D eigenvalue weighted by Gasteiger charge is -2.26. The van der Waals surface area contributed by atoms with Gasteiger partial charge in [0.15, 0.2) is 0 Å². The zero-order valence-electron chi connectivity index (χ0n) is 13.6. The van der Waals surface area contributed by atoms with Gasteiger partial charge in [0.2, 0.25) is 0 Å². The topological polar surface area (TPSA) is 129 Å². The van der Waals surface area contributed by atoms with Crippen molar-refractivity contribution in [2.45, 2.75) is 0 Å². The number of carboxylic acids is 2. The number of nitrogens with one attached hydrogen (secondary N) is 1. The minimum absolute atomic E-state index is 0.112. The highest BCUT2D eigenvalue weighted by Gasteiger charge is 2.10. The molecule has 1 aliphatic heterocycles. The van der Waals surface area contributed by atoms with Crippen molar-refractivity contribution in [1.29, 1.82) is 0 Å². The van der Waals surface area contributed by atoms with E-state index in [1.54, 1.807) is 18.3 Å². The molecule has 1 aliphatic rings. The molecule has 9 heteroatoms. The van der Waals surface area contributed by atoms with Gasteiger partial charge in [0.05, 0.1) is 13.2 Å². The second-order valence-electron chi connectivity index (χ2n) is 4.93. The average molecular weight is 351 g/mol. The Kier molecular flexibility index (Phi) is 9.49. The van der Waals surface area contributed by atoms with Gasteiger partial charge in [-0.25, -0.2) is 9.59 Å². The Morgan fingerprint density at radius 1 is 1.16 bits per heavy atom. The second-order valence-corrected chi connectivity index (χ2v) is 4.93. The normalized spacial score (nSPS) is 14.4. The van der Waals surface area contributed by atoms with Crippen LogP contribution in [0.4, 0.5) is 0 Å². The number of carboxylic acid groups (broad SMARTS) is 2. The molecule has 2 rings (SSSR count). The van der Waals surface area contributed by atoms with E-state index in [9.17, 15) is 14.4 Å². The van der Waals surface area contributed by atoms with Crippen LogP contribution in [0, 0.1) is 0 Å². The molecule has 0 atom stereocenters. The number of ether oxygens (including phenoxy) is 1. The molecule has 0 saturated carbocycles. The molecule has 1 aromatic heterocycles. The fourth-order valence-electron chi connectivity index (χ4n) is 1.88. The lowest BCUT2D eigenvalue weighted by Crippen LogP contribution is -2.41. The molecular formula is C16H21N3O6. The molecule has 1 fully saturated rings. The van der Waals surface area contributed by atoms with Crippen molar-refractivity contribution < 1.29 is 29.3 Å². The highest BCUT2D eigenvalue weighted by Crippen LogP contribution is 1.96. The van der Waals surface area contributed by atoms with Gasteiger partial charge < -0.3 is 20.3 Å². The molecule has 1 saturated heterocycles. The molecule has 3 N–H and O–H groups in total. The summed E-state index contributed by atoms with van der Waals surface area (Å²) in [6.45, 7) is 4.97. The maximum Gasteiger partial charge on any atom is 0.328 e. The van der Waals surface area contributed by atoms with Crippen LogP contribution >= 0.6 is 0 Å². The monoisotopic (exact) mass is 351 g/mol. The van der Waals surface area contributed by atoms with Crippen LogP contribution < -0.4 is 5.32 Å². The third-order valence-corrected chi connectivity index (χ3v) is 3.08. The molecular weight excluding hydrogens is 330 g/mol. The van der Waals surface area contributed by atoms with Crippen LogP contribution in [-0.4, -0.2) is 77.3 Å².